The maximum Gasteiger partial charge on any atom is 0.321 e. The highest BCUT2D eigenvalue weighted by Gasteiger charge is 2.29. The smallest absolute Gasteiger partial charge is 0.321 e. The standard InChI is InChI=1S/C15H29N3O2/c1-10-7-11(2)9-18(8-10)12(3)13(19)16-14(20)17-15(4,5)6/h10-12H,7-9H2,1-6H3,(H2,16,17,19,20)/t10-,11-,12-/m0/s1. The molecule has 1 aliphatic rings. The van der Waals surface area contributed by atoms with Gasteiger partial charge in [-0.05, 0) is 46.0 Å². The molecule has 0 saturated carbocycles. The Balaban J connectivity index is 2.52. The molecule has 1 saturated heterocycles. The number of carbonyl (C=O) groups excluding carboxylic acids is 2. The molecule has 0 aromatic rings. The average molecular weight is 283 g/mol. The Bertz CT molecular complexity index is 353. The van der Waals surface area contributed by atoms with E-state index in [1.807, 2.05) is 27.7 Å². The summed E-state index contributed by atoms with van der Waals surface area (Å²) in [7, 11) is 0. The van der Waals surface area contributed by atoms with Crippen LogP contribution in [-0.4, -0.2) is 41.5 Å². The van der Waals surface area contributed by atoms with Crippen molar-refractivity contribution in [2.24, 2.45) is 11.8 Å². The fourth-order valence-corrected chi connectivity index (χ4v) is 2.78. The SMILES string of the molecule is C[C@H]1C[C@H](C)CN([C@@H](C)C(=O)NC(=O)NC(C)(C)C)C1. The number of hydrogen-bond donors (Lipinski definition) is 2. The van der Waals surface area contributed by atoms with Crippen molar-refractivity contribution in [2.45, 2.75) is 59.5 Å². The molecule has 1 rings (SSSR count). The van der Waals surface area contributed by atoms with E-state index in [1.54, 1.807) is 0 Å². The van der Waals surface area contributed by atoms with E-state index < -0.39 is 6.03 Å². The molecule has 116 valence electrons. The van der Waals surface area contributed by atoms with Crippen molar-refractivity contribution in [3.05, 3.63) is 0 Å². The van der Waals surface area contributed by atoms with Gasteiger partial charge in [-0.25, -0.2) is 4.79 Å². The molecule has 5 heteroatoms. The number of nitrogens with zero attached hydrogens (tertiary/aromatic N) is 1. The fourth-order valence-electron chi connectivity index (χ4n) is 2.78. The van der Waals surface area contributed by atoms with Gasteiger partial charge in [-0.1, -0.05) is 13.8 Å². The fraction of sp³-hybridized carbons (Fsp3) is 0.867. The molecular formula is C15H29N3O2. The summed E-state index contributed by atoms with van der Waals surface area (Å²) in [6, 6.07) is -0.696. The van der Waals surface area contributed by atoms with E-state index >= 15 is 0 Å². The van der Waals surface area contributed by atoms with Crippen LogP contribution in [0.25, 0.3) is 0 Å². The highest BCUT2D eigenvalue weighted by molar-refractivity contribution is 5.97. The first kappa shape index (κ1) is 17.0. The van der Waals surface area contributed by atoms with Crippen LogP contribution in [0, 0.1) is 11.8 Å². The van der Waals surface area contributed by atoms with Gasteiger partial charge >= 0.3 is 6.03 Å². The van der Waals surface area contributed by atoms with Gasteiger partial charge in [0.2, 0.25) is 5.91 Å². The summed E-state index contributed by atoms with van der Waals surface area (Å²) in [6.07, 6.45) is 1.20. The number of piperidine rings is 1. The van der Waals surface area contributed by atoms with Crippen molar-refractivity contribution >= 4 is 11.9 Å². The third-order valence-electron chi connectivity index (χ3n) is 3.55. The molecule has 3 atom stereocenters. The van der Waals surface area contributed by atoms with E-state index in [4.69, 9.17) is 0 Å². The largest absolute Gasteiger partial charge is 0.333 e. The first-order valence-corrected chi connectivity index (χ1v) is 7.45. The number of likely N-dealkylation sites (tertiary alicyclic amines) is 1. The van der Waals surface area contributed by atoms with Crippen LogP contribution in [0.2, 0.25) is 0 Å². The van der Waals surface area contributed by atoms with Gasteiger partial charge in [0, 0.05) is 18.6 Å². The molecule has 0 unspecified atom stereocenters. The van der Waals surface area contributed by atoms with Crippen LogP contribution in [0.1, 0.15) is 48.0 Å². The average Bonchev–Trinajstić information content (AvgIpc) is 2.23. The predicted octanol–water partition coefficient (Wildman–Crippen LogP) is 1.98. The molecule has 2 N–H and O–H groups in total. The van der Waals surface area contributed by atoms with Gasteiger partial charge < -0.3 is 5.32 Å². The van der Waals surface area contributed by atoms with Crippen molar-refractivity contribution in [3.8, 4) is 0 Å². The molecule has 0 aromatic heterocycles. The zero-order valence-electron chi connectivity index (χ0n) is 13.6. The van der Waals surface area contributed by atoms with Gasteiger partial charge in [0.15, 0.2) is 0 Å². The monoisotopic (exact) mass is 283 g/mol. The summed E-state index contributed by atoms with van der Waals surface area (Å²) in [4.78, 5) is 26.0. The number of hydrogen-bond acceptors (Lipinski definition) is 3. The third kappa shape index (κ3) is 5.49. The van der Waals surface area contributed by atoms with Crippen LogP contribution in [0.15, 0.2) is 0 Å². The highest BCUT2D eigenvalue weighted by atomic mass is 16.2. The van der Waals surface area contributed by atoms with Gasteiger partial charge in [-0.2, -0.15) is 0 Å². The van der Waals surface area contributed by atoms with Crippen LogP contribution >= 0.6 is 0 Å². The molecule has 3 amide bonds. The van der Waals surface area contributed by atoms with Gasteiger partial charge in [-0.15, -0.1) is 0 Å². The molecule has 0 radical (unpaired) electrons. The molecule has 1 fully saturated rings. The summed E-state index contributed by atoms with van der Waals surface area (Å²) < 4.78 is 0. The molecule has 0 aromatic carbocycles. The quantitative estimate of drug-likeness (QED) is 0.814. The maximum absolute atomic E-state index is 12.1. The minimum atomic E-state index is -0.424. The van der Waals surface area contributed by atoms with Crippen LogP contribution in [0.5, 0.6) is 0 Å². The van der Waals surface area contributed by atoms with E-state index in [1.165, 1.54) is 6.42 Å². The predicted molar refractivity (Wildman–Crippen MR) is 80.4 cm³/mol. The summed E-state index contributed by atoms with van der Waals surface area (Å²) in [5, 5.41) is 5.17. The topological polar surface area (TPSA) is 61.4 Å². The minimum Gasteiger partial charge on any atom is -0.333 e. The molecule has 1 aliphatic heterocycles. The lowest BCUT2D eigenvalue weighted by Crippen LogP contribution is -2.55. The normalized spacial score (nSPS) is 25.9. The number of nitrogens with one attached hydrogen (secondary N) is 2. The number of rotatable bonds is 2. The molecule has 0 aliphatic carbocycles. The lowest BCUT2D eigenvalue weighted by atomic mass is 9.91. The lowest BCUT2D eigenvalue weighted by molar-refractivity contribution is -0.125. The number of amides is 3. The minimum absolute atomic E-state index is 0.229. The van der Waals surface area contributed by atoms with Crippen LogP contribution in [-0.2, 0) is 4.79 Å². The number of imide groups is 1. The summed E-state index contributed by atoms with van der Waals surface area (Å²) in [5.74, 6) is 0.961. The van der Waals surface area contributed by atoms with E-state index in [0.29, 0.717) is 11.8 Å². The molecule has 1 heterocycles. The van der Waals surface area contributed by atoms with E-state index in [2.05, 4.69) is 29.4 Å². The molecule has 0 bridgehead atoms. The van der Waals surface area contributed by atoms with Gasteiger partial charge in [-0.3, -0.25) is 15.0 Å². The van der Waals surface area contributed by atoms with Crippen molar-refractivity contribution < 1.29 is 9.59 Å². The highest BCUT2D eigenvalue weighted by Crippen LogP contribution is 2.22. The van der Waals surface area contributed by atoms with Crippen molar-refractivity contribution in [3.63, 3.8) is 0 Å². The molecule has 5 nitrogen and oxygen atoms in total. The van der Waals surface area contributed by atoms with Gasteiger partial charge in [0.25, 0.3) is 0 Å². The Morgan fingerprint density at radius 1 is 1.15 bits per heavy atom. The lowest BCUT2D eigenvalue weighted by Gasteiger charge is -2.38. The van der Waals surface area contributed by atoms with Crippen molar-refractivity contribution in [2.75, 3.05) is 13.1 Å². The van der Waals surface area contributed by atoms with Crippen molar-refractivity contribution in [1.29, 1.82) is 0 Å². The number of carbonyl (C=O) groups is 2. The van der Waals surface area contributed by atoms with Crippen molar-refractivity contribution in [1.82, 2.24) is 15.5 Å². The van der Waals surface area contributed by atoms with Crippen LogP contribution in [0.3, 0.4) is 0 Å². The second kappa shape index (κ2) is 6.57. The zero-order valence-corrected chi connectivity index (χ0v) is 13.6. The first-order valence-electron chi connectivity index (χ1n) is 7.45. The van der Waals surface area contributed by atoms with Crippen LogP contribution in [0.4, 0.5) is 4.79 Å². The summed E-state index contributed by atoms with van der Waals surface area (Å²) >= 11 is 0. The van der Waals surface area contributed by atoms with Crippen LogP contribution < -0.4 is 10.6 Å². The summed E-state index contributed by atoms with van der Waals surface area (Å²) in [6.45, 7) is 13.8. The van der Waals surface area contributed by atoms with E-state index in [9.17, 15) is 9.59 Å². The molecule has 0 spiro atoms. The Morgan fingerprint density at radius 2 is 1.65 bits per heavy atom. The van der Waals surface area contributed by atoms with E-state index in [-0.39, 0.29) is 17.5 Å². The number of urea groups is 1. The maximum atomic E-state index is 12.1. The van der Waals surface area contributed by atoms with Gasteiger partial charge in [0.1, 0.15) is 0 Å². The Labute approximate surface area is 122 Å². The Kier molecular flexibility index (Phi) is 5.57. The second-order valence-electron chi connectivity index (χ2n) is 7.27. The first-order chi connectivity index (χ1) is 9.08. The Hall–Kier alpha value is -1.10. The van der Waals surface area contributed by atoms with Gasteiger partial charge in [0.05, 0.1) is 6.04 Å². The second-order valence-corrected chi connectivity index (χ2v) is 7.27. The summed E-state index contributed by atoms with van der Waals surface area (Å²) in [5.41, 5.74) is -0.345. The van der Waals surface area contributed by atoms with E-state index in [0.717, 1.165) is 13.1 Å². The Morgan fingerprint density at radius 3 is 2.10 bits per heavy atom. The zero-order chi connectivity index (χ0) is 15.5. The molecule has 20 heavy (non-hydrogen) atoms. The third-order valence-corrected chi connectivity index (χ3v) is 3.55. The molecular weight excluding hydrogens is 254 g/mol.